The van der Waals surface area contributed by atoms with E-state index in [9.17, 15) is 4.79 Å². The monoisotopic (exact) mass is 514 g/mol. The molecule has 152 valence electrons. The van der Waals surface area contributed by atoms with Crippen molar-refractivity contribution >= 4 is 47.4 Å². The van der Waals surface area contributed by atoms with Crippen LogP contribution in [0.3, 0.4) is 0 Å². The molecule has 0 spiro atoms. The number of nitrogens with one attached hydrogen (secondary N) is 2. The van der Waals surface area contributed by atoms with Crippen LogP contribution < -0.4 is 10.6 Å². The number of amides is 1. The Labute approximate surface area is 189 Å². The number of rotatable bonds is 8. The summed E-state index contributed by atoms with van der Waals surface area (Å²) >= 11 is 6.20. The van der Waals surface area contributed by atoms with Gasteiger partial charge in [0.25, 0.3) is 0 Å². The Kier molecular flexibility index (Phi) is 11.6. The first kappa shape index (κ1) is 24.2. The van der Waals surface area contributed by atoms with Crippen molar-refractivity contribution in [1.82, 2.24) is 15.5 Å². The minimum Gasteiger partial charge on any atom is -0.356 e. The molecule has 2 aromatic rings. The Balaban J connectivity index is 0.00000392. The summed E-state index contributed by atoms with van der Waals surface area (Å²) in [7, 11) is 3.45. The maximum atomic E-state index is 11.8. The van der Waals surface area contributed by atoms with E-state index in [4.69, 9.17) is 11.6 Å². The molecule has 0 heterocycles. The topological polar surface area (TPSA) is 56.7 Å². The minimum atomic E-state index is -0.0368. The molecule has 0 bridgehead atoms. The van der Waals surface area contributed by atoms with Gasteiger partial charge in [-0.15, -0.1) is 24.0 Å². The lowest BCUT2D eigenvalue weighted by Gasteiger charge is -2.14. The second-order valence-electron chi connectivity index (χ2n) is 6.38. The molecule has 0 aliphatic carbocycles. The first-order valence-corrected chi connectivity index (χ1v) is 9.43. The Bertz CT molecular complexity index is 753. The second-order valence-corrected chi connectivity index (χ2v) is 6.79. The molecule has 28 heavy (non-hydrogen) atoms. The summed E-state index contributed by atoms with van der Waals surface area (Å²) in [6, 6.07) is 18.1. The molecule has 2 N–H and O–H groups in total. The lowest BCUT2D eigenvalue weighted by Crippen LogP contribution is -2.40. The summed E-state index contributed by atoms with van der Waals surface area (Å²) in [6.45, 7) is 1.52. The molecule has 0 saturated carbocycles. The van der Waals surface area contributed by atoms with Crippen LogP contribution in [0.25, 0.3) is 0 Å². The number of hydrogen-bond acceptors (Lipinski definition) is 2. The van der Waals surface area contributed by atoms with Crippen LogP contribution in [0.15, 0.2) is 59.6 Å². The van der Waals surface area contributed by atoms with Crippen LogP contribution in [0, 0.1) is 0 Å². The van der Waals surface area contributed by atoms with Crippen molar-refractivity contribution in [2.24, 2.45) is 4.99 Å². The lowest BCUT2D eigenvalue weighted by molar-refractivity contribution is -0.127. The van der Waals surface area contributed by atoms with Crippen LogP contribution in [0.2, 0.25) is 5.02 Å². The summed E-state index contributed by atoms with van der Waals surface area (Å²) in [4.78, 5) is 17.8. The fourth-order valence-electron chi connectivity index (χ4n) is 2.45. The molecule has 0 atom stereocenters. The largest absolute Gasteiger partial charge is 0.356 e. The van der Waals surface area contributed by atoms with E-state index in [0.717, 1.165) is 30.0 Å². The van der Waals surface area contributed by atoms with Crippen molar-refractivity contribution in [3.63, 3.8) is 0 Å². The highest BCUT2D eigenvalue weighted by atomic mass is 127. The van der Waals surface area contributed by atoms with Gasteiger partial charge in [-0.3, -0.25) is 4.79 Å². The summed E-state index contributed by atoms with van der Waals surface area (Å²) in [5, 5.41) is 7.35. The first-order valence-electron chi connectivity index (χ1n) is 9.06. The molecule has 2 aromatic carbocycles. The van der Waals surface area contributed by atoms with E-state index in [1.165, 1.54) is 10.5 Å². The molecule has 0 radical (unpaired) electrons. The Hall–Kier alpha value is -1.80. The van der Waals surface area contributed by atoms with Crippen molar-refractivity contribution in [1.29, 1.82) is 0 Å². The van der Waals surface area contributed by atoms with Gasteiger partial charge in [0.2, 0.25) is 5.91 Å². The molecule has 0 aliphatic heterocycles. The van der Waals surface area contributed by atoms with Crippen LogP contribution in [0.5, 0.6) is 0 Å². The quantitative estimate of drug-likeness (QED) is 0.323. The predicted octanol–water partition coefficient (Wildman–Crippen LogP) is 3.37. The summed E-state index contributed by atoms with van der Waals surface area (Å²) in [6.07, 6.45) is 1.66. The van der Waals surface area contributed by atoms with Crippen molar-refractivity contribution in [3.8, 4) is 0 Å². The summed E-state index contributed by atoms with van der Waals surface area (Å²) in [5.74, 6) is 0.596. The maximum absolute atomic E-state index is 11.8. The first-order chi connectivity index (χ1) is 13.1. The summed E-state index contributed by atoms with van der Waals surface area (Å²) < 4.78 is 0. The van der Waals surface area contributed by atoms with Gasteiger partial charge in [-0.25, -0.2) is 4.99 Å². The number of carbonyl (C=O) groups excluding carboxylic acids is 1. The Morgan fingerprint density at radius 3 is 2.21 bits per heavy atom. The fraction of sp³-hybridized carbons (Fsp3) is 0.333. The van der Waals surface area contributed by atoms with Crippen LogP contribution in [-0.2, 0) is 17.6 Å². The zero-order valence-electron chi connectivity index (χ0n) is 16.3. The van der Waals surface area contributed by atoms with Gasteiger partial charge in [-0.2, -0.15) is 0 Å². The molecule has 0 unspecified atom stereocenters. The number of nitrogens with zero attached hydrogens (tertiary/aromatic N) is 2. The number of halogens is 2. The number of guanidine groups is 1. The van der Waals surface area contributed by atoms with Crippen LogP contribution in [0.4, 0.5) is 0 Å². The third-order valence-electron chi connectivity index (χ3n) is 4.06. The molecule has 0 saturated heterocycles. The van der Waals surface area contributed by atoms with E-state index in [2.05, 4.69) is 27.8 Å². The van der Waals surface area contributed by atoms with Crippen LogP contribution in [0.1, 0.15) is 11.1 Å². The third kappa shape index (κ3) is 8.93. The van der Waals surface area contributed by atoms with Gasteiger partial charge >= 0.3 is 0 Å². The van der Waals surface area contributed by atoms with Crippen molar-refractivity contribution in [2.75, 3.05) is 33.7 Å². The Morgan fingerprint density at radius 1 is 0.964 bits per heavy atom. The van der Waals surface area contributed by atoms with Crippen molar-refractivity contribution < 1.29 is 4.79 Å². The van der Waals surface area contributed by atoms with Gasteiger partial charge in [-0.05, 0) is 30.0 Å². The van der Waals surface area contributed by atoms with E-state index >= 15 is 0 Å². The van der Waals surface area contributed by atoms with Gasteiger partial charge < -0.3 is 15.5 Å². The van der Waals surface area contributed by atoms with Crippen molar-refractivity contribution in [2.45, 2.75) is 12.8 Å². The lowest BCUT2D eigenvalue weighted by atomic mass is 10.1. The molecule has 5 nitrogen and oxygen atoms in total. The molecule has 0 fully saturated rings. The van der Waals surface area contributed by atoms with Gasteiger partial charge in [0.15, 0.2) is 5.96 Å². The molecular formula is C21H28ClIN4O. The molecule has 7 heteroatoms. The van der Waals surface area contributed by atoms with Crippen molar-refractivity contribution in [3.05, 3.63) is 70.7 Å². The van der Waals surface area contributed by atoms with E-state index in [0.29, 0.717) is 12.5 Å². The highest BCUT2D eigenvalue weighted by Gasteiger charge is 2.05. The van der Waals surface area contributed by atoms with Crippen LogP contribution in [-0.4, -0.2) is 50.5 Å². The van der Waals surface area contributed by atoms with Gasteiger partial charge in [0, 0.05) is 32.2 Å². The number of hydrogen-bond donors (Lipinski definition) is 2. The fourth-order valence-corrected chi connectivity index (χ4v) is 2.68. The molecular weight excluding hydrogens is 487 g/mol. The number of likely N-dealkylation sites (N-methyl/N-ethyl adjacent to an activating group) is 1. The molecule has 1 amide bonds. The second kappa shape index (κ2) is 13.4. The van der Waals surface area contributed by atoms with Gasteiger partial charge in [0.1, 0.15) is 6.54 Å². The zero-order chi connectivity index (χ0) is 19.5. The van der Waals surface area contributed by atoms with Gasteiger partial charge in [-0.1, -0.05) is 60.1 Å². The number of carbonyl (C=O) groups is 1. The maximum Gasteiger partial charge on any atom is 0.243 e. The number of benzene rings is 2. The highest BCUT2D eigenvalue weighted by Crippen LogP contribution is 2.14. The molecule has 0 aliphatic rings. The number of aliphatic imine (C=N–C) groups is 1. The molecule has 0 aromatic heterocycles. The smallest absolute Gasteiger partial charge is 0.243 e. The average molecular weight is 515 g/mol. The van der Waals surface area contributed by atoms with E-state index in [1.807, 2.05) is 42.5 Å². The predicted molar refractivity (Wildman–Crippen MR) is 128 cm³/mol. The SMILES string of the molecule is CN(C)C(=O)CN=C(NCCc1ccccc1)NCCc1ccccc1Cl.I. The van der Waals surface area contributed by atoms with Crippen LogP contribution >= 0.6 is 35.6 Å². The standard InChI is InChI=1S/C21H27ClN4O.HI/c1-26(2)20(27)16-25-21(23-14-12-17-8-4-3-5-9-17)24-15-13-18-10-6-7-11-19(18)22;/h3-11H,12-16H2,1-2H3,(H2,23,24,25);1H. The third-order valence-corrected chi connectivity index (χ3v) is 4.43. The van der Waals surface area contributed by atoms with Gasteiger partial charge in [0.05, 0.1) is 0 Å². The normalized spacial score (nSPS) is 10.8. The average Bonchev–Trinajstić information content (AvgIpc) is 2.67. The Morgan fingerprint density at radius 2 is 1.57 bits per heavy atom. The van der Waals surface area contributed by atoms with E-state index in [1.54, 1.807) is 14.1 Å². The minimum absolute atomic E-state index is 0. The summed E-state index contributed by atoms with van der Waals surface area (Å²) in [5.41, 5.74) is 2.34. The molecule has 2 rings (SSSR count). The highest BCUT2D eigenvalue weighted by molar-refractivity contribution is 14.0. The van der Waals surface area contributed by atoms with E-state index in [-0.39, 0.29) is 36.4 Å². The zero-order valence-corrected chi connectivity index (χ0v) is 19.4. The van der Waals surface area contributed by atoms with E-state index < -0.39 is 0 Å².